The minimum absolute atomic E-state index is 0.0328. The maximum Gasteiger partial charge on any atom is 0.299 e. The minimum atomic E-state index is -3.41. The number of benzene rings is 2. The Kier molecular flexibility index (Phi) is 17.6. The first kappa shape index (κ1) is 45.0. The lowest BCUT2D eigenvalue weighted by Crippen LogP contribution is -2.29. The molecule has 0 spiro atoms. The molecule has 0 aliphatic carbocycles. The molecule has 0 fully saturated rings. The fourth-order valence-corrected chi connectivity index (χ4v) is 6.15. The Morgan fingerprint density at radius 1 is 0.836 bits per heavy atom. The van der Waals surface area contributed by atoms with E-state index in [0.29, 0.717) is 40.6 Å². The molecule has 17 heteroatoms. The molecule has 0 aliphatic rings. The fraction of sp³-hybridized carbons (Fsp3) is 0.368. The topological polar surface area (TPSA) is 281 Å². The summed E-state index contributed by atoms with van der Waals surface area (Å²) in [5.74, 6) is 4.93. The first-order valence-electron chi connectivity index (χ1n) is 17.7. The molecular weight excluding hydrogens is 725 g/mol. The van der Waals surface area contributed by atoms with Crippen molar-refractivity contribution in [1.82, 2.24) is 14.0 Å². The van der Waals surface area contributed by atoms with E-state index in [1.54, 1.807) is 49.4 Å². The van der Waals surface area contributed by atoms with Gasteiger partial charge in [0.15, 0.2) is 5.69 Å². The smallest absolute Gasteiger partial charge is 0.299 e. The van der Waals surface area contributed by atoms with Gasteiger partial charge in [-0.1, -0.05) is 64.7 Å². The van der Waals surface area contributed by atoms with Crippen LogP contribution in [0.15, 0.2) is 79.3 Å². The van der Waals surface area contributed by atoms with E-state index in [-0.39, 0.29) is 38.8 Å². The zero-order valence-electron chi connectivity index (χ0n) is 31.8. The lowest BCUT2D eigenvalue weighted by atomic mass is 10.00. The molecule has 16 nitrogen and oxygen atoms in total. The van der Waals surface area contributed by atoms with Gasteiger partial charge in [-0.2, -0.15) is 20.3 Å². The van der Waals surface area contributed by atoms with Gasteiger partial charge in [0, 0.05) is 29.9 Å². The second-order valence-corrected chi connectivity index (χ2v) is 14.3. The first-order valence-corrected chi connectivity index (χ1v) is 19.2. The third kappa shape index (κ3) is 12.2. The van der Waals surface area contributed by atoms with Gasteiger partial charge < -0.3 is 27.5 Å². The maximum absolute atomic E-state index is 12.1. The predicted octanol–water partition coefficient (Wildman–Crippen LogP) is 5.74. The van der Waals surface area contributed by atoms with Crippen molar-refractivity contribution < 1.29 is 18.6 Å². The lowest BCUT2D eigenvalue weighted by molar-refractivity contribution is 0.400. The van der Waals surface area contributed by atoms with E-state index >= 15 is 0 Å². The summed E-state index contributed by atoms with van der Waals surface area (Å²) in [5, 5.41) is 45.0. The van der Waals surface area contributed by atoms with Crippen LogP contribution < -0.4 is 33.2 Å². The second kappa shape index (κ2) is 21.5. The molecule has 294 valence electrons. The molecule has 1 atom stereocenters. The summed E-state index contributed by atoms with van der Waals surface area (Å²) in [6.45, 7) is 10.1. The Hall–Kier alpha value is -6.17. The summed E-state index contributed by atoms with van der Waals surface area (Å²) < 4.78 is 28.5. The van der Waals surface area contributed by atoms with Gasteiger partial charge in [0.2, 0.25) is 21.8 Å². The normalized spacial score (nSPS) is 11.4. The van der Waals surface area contributed by atoms with Gasteiger partial charge in [0.05, 0.1) is 10.6 Å². The molecular formula is C38H50N10O6S. The van der Waals surface area contributed by atoms with Crippen molar-refractivity contribution in [3.63, 3.8) is 0 Å². The number of nitrogens with zero attached hydrogens (tertiary/aromatic N) is 6. The number of azo groups is 1. The van der Waals surface area contributed by atoms with Crippen LogP contribution in [-0.4, -0.2) is 34.4 Å². The summed E-state index contributed by atoms with van der Waals surface area (Å²) in [4.78, 5) is 23.9. The molecule has 0 radical (unpaired) electrons. The Bertz CT molecular complexity index is 2240. The number of nitrogens with two attached hydrogens (primary N) is 3. The summed E-state index contributed by atoms with van der Waals surface area (Å²) >= 11 is 0. The standard InChI is InChI=1S/C14H24N2O2S.C13H11N5O2.C11H15N3O2/c1-3-5-6-12(4-2)11-16-19(17,18)14-9-7-13(15)8-10-14;1-8-10(7-14)12(19)18(15)13(20)11(8)17-16-9-5-3-2-4-6-9;1-3-4-5-14-10(15)8(6-12)7(2)9(13)11(14)16/h7-10,12,16H,3-6,11,15H2,1-2H3;2-6,19H,15H2,1H3;15H,3-5,13H2,1-2H3. The van der Waals surface area contributed by atoms with Gasteiger partial charge in [-0.15, -0.1) is 5.11 Å². The summed E-state index contributed by atoms with van der Waals surface area (Å²) in [5.41, 5.74) is 11.6. The van der Waals surface area contributed by atoms with Crippen molar-refractivity contribution in [2.75, 3.05) is 23.9 Å². The molecule has 0 amide bonds. The van der Waals surface area contributed by atoms with Crippen molar-refractivity contribution in [2.24, 2.45) is 16.1 Å². The zero-order valence-corrected chi connectivity index (χ0v) is 32.6. The van der Waals surface area contributed by atoms with E-state index in [0.717, 1.165) is 43.1 Å². The van der Waals surface area contributed by atoms with Gasteiger partial charge in [-0.3, -0.25) is 14.2 Å². The average molecular weight is 775 g/mol. The summed E-state index contributed by atoms with van der Waals surface area (Å²) in [6, 6.07) is 18.7. The molecule has 9 N–H and O–H groups in total. The van der Waals surface area contributed by atoms with E-state index < -0.39 is 27.0 Å². The highest BCUT2D eigenvalue weighted by atomic mass is 32.2. The number of nitriles is 2. The number of anilines is 2. The molecule has 2 aromatic carbocycles. The number of unbranched alkanes of at least 4 members (excludes halogenated alkanes) is 2. The summed E-state index contributed by atoms with van der Waals surface area (Å²) in [7, 11) is -3.41. The van der Waals surface area contributed by atoms with Crippen molar-refractivity contribution in [3.8, 4) is 23.9 Å². The molecule has 55 heavy (non-hydrogen) atoms. The number of pyridine rings is 2. The molecule has 2 heterocycles. The number of rotatable bonds is 13. The number of hydrogen-bond donors (Lipinski definition) is 6. The number of nitrogens with one attached hydrogen (secondary N) is 1. The second-order valence-electron chi connectivity index (χ2n) is 12.5. The number of aromatic nitrogens is 2. The Morgan fingerprint density at radius 3 is 1.96 bits per heavy atom. The van der Waals surface area contributed by atoms with Gasteiger partial charge in [0.1, 0.15) is 29.0 Å². The summed E-state index contributed by atoms with van der Waals surface area (Å²) in [6.07, 6.45) is 5.98. The van der Waals surface area contributed by atoms with Crippen LogP contribution >= 0.6 is 0 Å². The largest absolute Gasteiger partial charge is 0.493 e. The van der Waals surface area contributed by atoms with Gasteiger partial charge in [0.25, 0.3) is 11.1 Å². The highest BCUT2D eigenvalue weighted by molar-refractivity contribution is 7.89. The maximum atomic E-state index is 12.1. The molecule has 0 saturated heterocycles. The molecule has 0 bridgehead atoms. The average Bonchev–Trinajstić information content (AvgIpc) is 3.18. The third-order valence-corrected chi connectivity index (χ3v) is 10.1. The van der Waals surface area contributed by atoms with Crippen molar-refractivity contribution in [2.45, 2.75) is 84.6 Å². The minimum Gasteiger partial charge on any atom is -0.493 e. The zero-order chi connectivity index (χ0) is 41.3. The van der Waals surface area contributed by atoms with Crippen LogP contribution in [-0.2, 0) is 16.6 Å². The SMILES string of the molecule is CCCCC(CC)CNS(=O)(=O)c1ccc(N)cc1.CCCCn1c(O)c(C#N)c(C)c(N)c1=O.Cc1c(C#N)c(O)n(N)c(=O)c1N=Nc1ccccc1. The fourth-order valence-electron chi connectivity index (χ4n) is 5.03. The predicted molar refractivity (Wildman–Crippen MR) is 213 cm³/mol. The van der Waals surface area contributed by atoms with Gasteiger partial charge >= 0.3 is 0 Å². The van der Waals surface area contributed by atoms with Crippen LogP contribution in [0.1, 0.15) is 81.5 Å². The van der Waals surface area contributed by atoms with Crippen molar-refractivity contribution >= 4 is 32.8 Å². The van der Waals surface area contributed by atoms with Gasteiger partial charge in [-0.25, -0.2) is 13.1 Å². The van der Waals surface area contributed by atoms with Crippen LogP contribution in [0.25, 0.3) is 0 Å². The molecule has 0 aliphatic heterocycles. The Morgan fingerprint density at radius 2 is 1.42 bits per heavy atom. The quantitative estimate of drug-likeness (QED) is 0.0541. The van der Waals surface area contributed by atoms with Crippen LogP contribution in [0.4, 0.5) is 22.7 Å². The highest BCUT2D eigenvalue weighted by Crippen LogP contribution is 2.26. The molecule has 4 aromatic rings. The highest BCUT2D eigenvalue weighted by Gasteiger charge is 2.19. The third-order valence-electron chi connectivity index (χ3n) is 8.61. The number of aromatic hydroxyl groups is 2. The van der Waals surface area contributed by atoms with E-state index in [1.807, 2.05) is 19.1 Å². The van der Waals surface area contributed by atoms with E-state index in [1.165, 1.54) is 19.1 Å². The molecule has 2 aromatic heterocycles. The molecule has 4 rings (SSSR count). The number of hydrogen-bond acceptors (Lipinski definition) is 13. The van der Waals surface area contributed by atoms with Crippen molar-refractivity contribution in [1.29, 1.82) is 10.5 Å². The number of nitrogen functional groups attached to an aromatic ring is 3. The Labute approximate surface area is 321 Å². The lowest BCUT2D eigenvalue weighted by Gasteiger charge is -2.15. The van der Waals surface area contributed by atoms with E-state index in [9.17, 15) is 28.2 Å². The first-order chi connectivity index (χ1) is 26.1. The Balaban J connectivity index is 0.000000287. The van der Waals surface area contributed by atoms with Crippen LogP contribution in [0.3, 0.4) is 0 Å². The van der Waals surface area contributed by atoms with E-state index in [4.69, 9.17) is 27.8 Å². The van der Waals surface area contributed by atoms with Crippen molar-refractivity contribution in [3.05, 3.63) is 97.6 Å². The molecule has 0 saturated carbocycles. The molecule has 1 unspecified atom stereocenters. The number of sulfonamides is 1. The van der Waals surface area contributed by atoms with E-state index in [2.05, 4.69) is 28.8 Å². The monoisotopic (exact) mass is 774 g/mol. The van der Waals surface area contributed by atoms with Crippen LogP contribution in [0.5, 0.6) is 11.8 Å². The van der Waals surface area contributed by atoms with Crippen LogP contribution in [0.2, 0.25) is 0 Å². The van der Waals surface area contributed by atoms with Gasteiger partial charge in [-0.05, 0) is 69.0 Å². The van der Waals surface area contributed by atoms with Crippen LogP contribution in [0, 0.1) is 42.4 Å².